The standard InChI is InChI=1S/C13H14BrNO/c1-15-7-6-13(16)11(9-15)8-10-2-4-12(14)5-3-10/h2-5,8H,6-7,9H2,1H3/b11-8+. The summed E-state index contributed by atoms with van der Waals surface area (Å²) in [6.45, 7) is 1.63. The lowest BCUT2D eigenvalue weighted by Crippen LogP contribution is -2.32. The highest BCUT2D eigenvalue weighted by Crippen LogP contribution is 2.17. The van der Waals surface area contributed by atoms with E-state index >= 15 is 0 Å². The molecule has 1 heterocycles. The first-order chi connectivity index (χ1) is 7.65. The maximum absolute atomic E-state index is 11.7. The summed E-state index contributed by atoms with van der Waals surface area (Å²) in [5.41, 5.74) is 2.00. The highest BCUT2D eigenvalue weighted by molar-refractivity contribution is 9.10. The van der Waals surface area contributed by atoms with Gasteiger partial charge in [0, 0.05) is 29.6 Å². The summed E-state index contributed by atoms with van der Waals surface area (Å²) in [5.74, 6) is 0.279. The molecular weight excluding hydrogens is 266 g/mol. The van der Waals surface area contributed by atoms with Gasteiger partial charge in [-0.15, -0.1) is 0 Å². The van der Waals surface area contributed by atoms with Gasteiger partial charge in [-0.2, -0.15) is 0 Å². The second-order valence-corrected chi connectivity index (χ2v) is 5.05. The van der Waals surface area contributed by atoms with Crippen LogP contribution in [0, 0.1) is 0 Å². The SMILES string of the molecule is CN1CCC(=O)/C(=C/c2ccc(Br)cc2)C1. The van der Waals surface area contributed by atoms with Crippen molar-refractivity contribution in [3.8, 4) is 0 Å². The molecule has 0 atom stereocenters. The first-order valence-corrected chi connectivity index (χ1v) is 6.12. The van der Waals surface area contributed by atoms with E-state index in [1.165, 1.54) is 0 Å². The molecular formula is C13H14BrNO. The van der Waals surface area contributed by atoms with Gasteiger partial charge in [0.05, 0.1) is 0 Å². The topological polar surface area (TPSA) is 20.3 Å². The van der Waals surface area contributed by atoms with E-state index in [0.717, 1.165) is 28.7 Å². The number of halogens is 1. The minimum absolute atomic E-state index is 0.279. The van der Waals surface area contributed by atoms with Gasteiger partial charge in [0.2, 0.25) is 0 Å². The highest BCUT2D eigenvalue weighted by Gasteiger charge is 2.18. The van der Waals surface area contributed by atoms with Crippen molar-refractivity contribution in [1.29, 1.82) is 0 Å². The Morgan fingerprint density at radius 1 is 1.31 bits per heavy atom. The summed E-state index contributed by atoms with van der Waals surface area (Å²) in [6.07, 6.45) is 2.63. The number of ketones is 1. The molecule has 2 rings (SSSR count). The third-order valence-electron chi connectivity index (χ3n) is 2.73. The zero-order chi connectivity index (χ0) is 11.5. The van der Waals surface area contributed by atoms with Crippen LogP contribution >= 0.6 is 15.9 Å². The quantitative estimate of drug-likeness (QED) is 0.737. The van der Waals surface area contributed by atoms with Gasteiger partial charge in [-0.05, 0) is 30.8 Å². The fourth-order valence-electron chi connectivity index (χ4n) is 1.80. The average Bonchev–Trinajstić information content (AvgIpc) is 2.27. The van der Waals surface area contributed by atoms with Crippen LogP contribution in [0.4, 0.5) is 0 Å². The minimum Gasteiger partial charge on any atom is -0.302 e. The van der Waals surface area contributed by atoms with Crippen molar-refractivity contribution in [2.75, 3.05) is 20.1 Å². The summed E-state index contributed by atoms with van der Waals surface area (Å²) in [6, 6.07) is 8.00. The Bertz CT molecular complexity index is 422. The van der Waals surface area contributed by atoms with Gasteiger partial charge in [0.25, 0.3) is 0 Å². The van der Waals surface area contributed by atoms with E-state index in [0.29, 0.717) is 6.42 Å². The number of hydrogen-bond acceptors (Lipinski definition) is 2. The third-order valence-corrected chi connectivity index (χ3v) is 3.26. The minimum atomic E-state index is 0.279. The van der Waals surface area contributed by atoms with Crippen LogP contribution in [0.2, 0.25) is 0 Å². The van der Waals surface area contributed by atoms with E-state index in [1.54, 1.807) is 0 Å². The van der Waals surface area contributed by atoms with Crippen LogP contribution in [0.25, 0.3) is 6.08 Å². The molecule has 1 aromatic rings. The fraction of sp³-hybridized carbons (Fsp3) is 0.308. The average molecular weight is 280 g/mol. The van der Waals surface area contributed by atoms with Gasteiger partial charge in [0.1, 0.15) is 0 Å². The summed E-state index contributed by atoms with van der Waals surface area (Å²) in [5, 5.41) is 0. The molecule has 1 aliphatic rings. The molecule has 0 aromatic heterocycles. The summed E-state index contributed by atoms with van der Waals surface area (Å²) < 4.78 is 1.06. The zero-order valence-electron chi connectivity index (χ0n) is 9.24. The molecule has 0 saturated carbocycles. The number of carbonyl (C=O) groups excluding carboxylic acids is 1. The van der Waals surface area contributed by atoms with Crippen molar-refractivity contribution in [3.05, 3.63) is 39.9 Å². The van der Waals surface area contributed by atoms with Crippen LogP contribution in [0.5, 0.6) is 0 Å². The van der Waals surface area contributed by atoms with Crippen molar-refractivity contribution in [2.24, 2.45) is 0 Å². The number of rotatable bonds is 1. The van der Waals surface area contributed by atoms with Crippen molar-refractivity contribution < 1.29 is 4.79 Å². The monoisotopic (exact) mass is 279 g/mol. The van der Waals surface area contributed by atoms with E-state index in [-0.39, 0.29) is 5.78 Å². The largest absolute Gasteiger partial charge is 0.302 e. The molecule has 2 nitrogen and oxygen atoms in total. The van der Waals surface area contributed by atoms with E-state index in [9.17, 15) is 4.79 Å². The van der Waals surface area contributed by atoms with Crippen LogP contribution < -0.4 is 0 Å². The Morgan fingerprint density at radius 2 is 2.00 bits per heavy atom. The smallest absolute Gasteiger partial charge is 0.161 e. The van der Waals surface area contributed by atoms with Gasteiger partial charge >= 0.3 is 0 Å². The molecule has 0 amide bonds. The number of likely N-dealkylation sites (N-methyl/N-ethyl adjacent to an activating group) is 1. The number of likely N-dealkylation sites (tertiary alicyclic amines) is 1. The van der Waals surface area contributed by atoms with Gasteiger partial charge in [0.15, 0.2) is 5.78 Å². The zero-order valence-corrected chi connectivity index (χ0v) is 10.8. The lowest BCUT2D eigenvalue weighted by Gasteiger charge is -2.23. The lowest BCUT2D eigenvalue weighted by atomic mass is 10.0. The number of carbonyl (C=O) groups is 1. The first kappa shape index (κ1) is 11.6. The Morgan fingerprint density at radius 3 is 2.69 bits per heavy atom. The van der Waals surface area contributed by atoms with Crippen molar-refractivity contribution in [1.82, 2.24) is 4.90 Å². The number of hydrogen-bond donors (Lipinski definition) is 0. The Labute approximate surface area is 104 Å². The number of nitrogens with zero attached hydrogens (tertiary/aromatic N) is 1. The molecule has 1 aliphatic heterocycles. The van der Waals surface area contributed by atoms with Gasteiger partial charge in [-0.25, -0.2) is 0 Å². The molecule has 0 unspecified atom stereocenters. The Kier molecular flexibility index (Phi) is 3.56. The molecule has 1 fully saturated rings. The molecule has 0 spiro atoms. The van der Waals surface area contributed by atoms with Crippen molar-refractivity contribution in [2.45, 2.75) is 6.42 Å². The summed E-state index contributed by atoms with van der Waals surface area (Å²) >= 11 is 3.40. The third kappa shape index (κ3) is 2.80. The van der Waals surface area contributed by atoms with Gasteiger partial charge in [-0.3, -0.25) is 4.79 Å². The molecule has 0 N–H and O–H groups in total. The Hall–Kier alpha value is -0.930. The second-order valence-electron chi connectivity index (χ2n) is 4.13. The second kappa shape index (κ2) is 4.93. The lowest BCUT2D eigenvalue weighted by molar-refractivity contribution is -0.117. The maximum atomic E-state index is 11.7. The van der Waals surface area contributed by atoms with Crippen LogP contribution in [-0.2, 0) is 4.79 Å². The molecule has 1 aromatic carbocycles. The number of benzene rings is 1. The molecule has 0 aliphatic carbocycles. The molecule has 84 valence electrons. The van der Waals surface area contributed by atoms with Crippen LogP contribution in [-0.4, -0.2) is 30.8 Å². The Balaban J connectivity index is 2.22. The fourth-order valence-corrected chi connectivity index (χ4v) is 2.06. The normalized spacial score (nSPS) is 20.4. The van der Waals surface area contributed by atoms with Crippen molar-refractivity contribution >= 4 is 27.8 Å². The molecule has 0 bridgehead atoms. The molecule has 16 heavy (non-hydrogen) atoms. The van der Waals surface area contributed by atoms with E-state index in [2.05, 4.69) is 20.8 Å². The van der Waals surface area contributed by atoms with Crippen LogP contribution in [0.1, 0.15) is 12.0 Å². The maximum Gasteiger partial charge on any atom is 0.161 e. The van der Waals surface area contributed by atoms with E-state index in [1.807, 2.05) is 37.4 Å². The molecule has 0 radical (unpaired) electrons. The molecule has 1 saturated heterocycles. The summed E-state index contributed by atoms with van der Waals surface area (Å²) in [4.78, 5) is 13.9. The van der Waals surface area contributed by atoms with Crippen molar-refractivity contribution in [3.63, 3.8) is 0 Å². The summed E-state index contributed by atoms with van der Waals surface area (Å²) in [7, 11) is 2.04. The highest BCUT2D eigenvalue weighted by atomic mass is 79.9. The predicted octanol–water partition coefficient (Wildman–Crippen LogP) is 2.74. The van der Waals surface area contributed by atoms with E-state index < -0.39 is 0 Å². The molecule has 3 heteroatoms. The van der Waals surface area contributed by atoms with E-state index in [4.69, 9.17) is 0 Å². The van der Waals surface area contributed by atoms with Crippen LogP contribution in [0.3, 0.4) is 0 Å². The number of Topliss-reactive ketones (excluding diaryl/α,β-unsaturated/α-hetero) is 1. The first-order valence-electron chi connectivity index (χ1n) is 5.33. The predicted molar refractivity (Wildman–Crippen MR) is 69.2 cm³/mol. The van der Waals surface area contributed by atoms with Gasteiger partial charge < -0.3 is 4.90 Å². The number of piperidine rings is 1. The van der Waals surface area contributed by atoms with Crippen LogP contribution in [0.15, 0.2) is 34.3 Å². The van der Waals surface area contributed by atoms with Gasteiger partial charge in [-0.1, -0.05) is 28.1 Å².